The Hall–Kier alpha value is -1.55. The minimum Gasteiger partial charge on any atom is -0.494 e. The van der Waals surface area contributed by atoms with Crippen LogP contribution in [0.5, 0.6) is 5.75 Å². The third-order valence-electron chi connectivity index (χ3n) is 2.72. The van der Waals surface area contributed by atoms with E-state index >= 15 is 0 Å². The first-order valence-corrected chi connectivity index (χ1v) is 5.67. The van der Waals surface area contributed by atoms with Crippen LogP contribution in [0.1, 0.15) is 23.6 Å². The highest BCUT2D eigenvalue weighted by Gasteiger charge is 2.15. The second-order valence-electron chi connectivity index (χ2n) is 4.12. The second-order valence-corrected chi connectivity index (χ2v) is 4.12. The minimum atomic E-state index is -0.974. The van der Waals surface area contributed by atoms with E-state index in [0.717, 1.165) is 22.4 Å². The van der Waals surface area contributed by atoms with Crippen molar-refractivity contribution in [2.45, 2.75) is 33.2 Å². The normalized spacial score (nSPS) is 12.2. The molecule has 0 aromatic heterocycles. The Morgan fingerprint density at radius 1 is 1.41 bits per heavy atom. The summed E-state index contributed by atoms with van der Waals surface area (Å²) in [6.07, 6.45) is 0.347. The van der Waals surface area contributed by atoms with Crippen molar-refractivity contribution < 1.29 is 14.6 Å². The van der Waals surface area contributed by atoms with Crippen molar-refractivity contribution in [3.63, 3.8) is 0 Å². The molecule has 0 aliphatic heterocycles. The number of hydrogen-bond acceptors (Lipinski definition) is 3. The SMILES string of the molecule is CCOc1cc(C)c(CC(N)C(=O)O)c(C)c1. The number of rotatable bonds is 5. The molecule has 4 heteroatoms. The summed E-state index contributed by atoms with van der Waals surface area (Å²) in [6, 6.07) is 2.98. The zero-order chi connectivity index (χ0) is 13.0. The van der Waals surface area contributed by atoms with Crippen LogP contribution in [0.4, 0.5) is 0 Å². The summed E-state index contributed by atoms with van der Waals surface area (Å²) < 4.78 is 5.43. The highest BCUT2D eigenvalue weighted by molar-refractivity contribution is 5.73. The van der Waals surface area contributed by atoms with E-state index in [2.05, 4.69) is 0 Å². The molecule has 0 radical (unpaired) electrons. The molecule has 1 aromatic rings. The predicted octanol–water partition coefficient (Wildman–Crippen LogP) is 1.66. The lowest BCUT2D eigenvalue weighted by Crippen LogP contribution is -2.32. The van der Waals surface area contributed by atoms with Crippen molar-refractivity contribution in [1.82, 2.24) is 0 Å². The second kappa shape index (κ2) is 5.68. The fourth-order valence-electron chi connectivity index (χ4n) is 1.83. The van der Waals surface area contributed by atoms with Gasteiger partial charge >= 0.3 is 5.97 Å². The molecule has 4 nitrogen and oxygen atoms in total. The smallest absolute Gasteiger partial charge is 0.320 e. The van der Waals surface area contributed by atoms with E-state index in [1.807, 2.05) is 32.9 Å². The number of carbonyl (C=O) groups is 1. The van der Waals surface area contributed by atoms with Crippen LogP contribution in [0, 0.1) is 13.8 Å². The molecule has 0 fully saturated rings. The monoisotopic (exact) mass is 237 g/mol. The number of hydrogen-bond donors (Lipinski definition) is 2. The lowest BCUT2D eigenvalue weighted by Gasteiger charge is -2.14. The number of nitrogens with two attached hydrogens (primary N) is 1. The van der Waals surface area contributed by atoms with Gasteiger partial charge in [-0.05, 0) is 56.0 Å². The molecule has 94 valence electrons. The average Bonchev–Trinajstić information content (AvgIpc) is 2.23. The molecule has 0 spiro atoms. The Labute approximate surface area is 101 Å². The third kappa shape index (κ3) is 3.46. The summed E-state index contributed by atoms with van der Waals surface area (Å²) in [6.45, 7) is 6.44. The van der Waals surface area contributed by atoms with E-state index in [1.165, 1.54) is 0 Å². The van der Waals surface area contributed by atoms with Crippen molar-refractivity contribution in [3.8, 4) is 5.75 Å². The van der Waals surface area contributed by atoms with Gasteiger partial charge in [0.2, 0.25) is 0 Å². The van der Waals surface area contributed by atoms with E-state index < -0.39 is 12.0 Å². The van der Waals surface area contributed by atoms with Gasteiger partial charge in [0.25, 0.3) is 0 Å². The summed E-state index contributed by atoms with van der Waals surface area (Å²) in [7, 11) is 0. The van der Waals surface area contributed by atoms with Crippen LogP contribution < -0.4 is 10.5 Å². The van der Waals surface area contributed by atoms with Crippen LogP contribution in [-0.4, -0.2) is 23.7 Å². The Kier molecular flexibility index (Phi) is 4.52. The van der Waals surface area contributed by atoms with Crippen LogP contribution in [0.25, 0.3) is 0 Å². The van der Waals surface area contributed by atoms with Crippen LogP contribution in [0.15, 0.2) is 12.1 Å². The molecule has 3 N–H and O–H groups in total. The zero-order valence-corrected chi connectivity index (χ0v) is 10.5. The standard InChI is InChI=1S/C13H19NO3/c1-4-17-10-5-8(2)11(9(3)6-10)7-12(14)13(15)16/h5-6,12H,4,7,14H2,1-3H3,(H,15,16). The Bertz CT molecular complexity index is 392. The molecule has 1 unspecified atom stereocenters. The quantitative estimate of drug-likeness (QED) is 0.816. The van der Waals surface area contributed by atoms with Gasteiger partial charge in [0.15, 0.2) is 0 Å². The zero-order valence-electron chi connectivity index (χ0n) is 10.5. The molecule has 0 aliphatic carbocycles. The molecule has 1 aromatic carbocycles. The van der Waals surface area contributed by atoms with Gasteiger partial charge in [-0.2, -0.15) is 0 Å². The van der Waals surface area contributed by atoms with Crippen molar-refractivity contribution >= 4 is 5.97 Å². The summed E-state index contributed by atoms with van der Waals surface area (Å²) >= 11 is 0. The fourth-order valence-corrected chi connectivity index (χ4v) is 1.83. The molecule has 0 heterocycles. The minimum absolute atomic E-state index is 0.347. The van der Waals surface area contributed by atoms with E-state index in [0.29, 0.717) is 13.0 Å². The maximum atomic E-state index is 10.7. The molecule has 0 amide bonds. The summed E-state index contributed by atoms with van der Waals surface area (Å²) in [5, 5.41) is 8.81. The Balaban J connectivity index is 2.97. The molecule has 0 saturated carbocycles. The van der Waals surface area contributed by atoms with E-state index in [1.54, 1.807) is 0 Å². The van der Waals surface area contributed by atoms with E-state index in [4.69, 9.17) is 15.6 Å². The molecule has 17 heavy (non-hydrogen) atoms. The molecule has 0 aliphatic rings. The summed E-state index contributed by atoms with van der Waals surface area (Å²) in [4.78, 5) is 10.7. The van der Waals surface area contributed by atoms with Crippen molar-refractivity contribution in [2.75, 3.05) is 6.61 Å². The maximum absolute atomic E-state index is 10.7. The Morgan fingerprint density at radius 2 is 1.94 bits per heavy atom. The fraction of sp³-hybridized carbons (Fsp3) is 0.462. The first kappa shape index (κ1) is 13.5. The van der Waals surface area contributed by atoms with Crippen molar-refractivity contribution in [2.24, 2.45) is 5.73 Å². The number of aryl methyl sites for hydroxylation is 2. The molecule has 1 rings (SSSR count). The molecule has 1 atom stereocenters. The van der Waals surface area contributed by atoms with E-state index in [9.17, 15) is 4.79 Å². The van der Waals surface area contributed by atoms with Crippen LogP contribution in [0.2, 0.25) is 0 Å². The van der Waals surface area contributed by atoms with Gasteiger partial charge < -0.3 is 15.6 Å². The number of carboxylic acid groups (broad SMARTS) is 1. The lowest BCUT2D eigenvalue weighted by atomic mass is 9.96. The van der Waals surface area contributed by atoms with Crippen molar-refractivity contribution in [1.29, 1.82) is 0 Å². The summed E-state index contributed by atoms with van der Waals surface area (Å²) in [5.41, 5.74) is 8.58. The number of ether oxygens (including phenoxy) is 1. The highest BCUT2D eigenvalue weighted by atomic mass is 16.5. The molecular weight excluding hydrogens is 218 g/mol. The van der Waals surface area contributed by atoms with Crippen LogP contribution in [-0.2, 0) is 11.2 Å². The molecule has 0 saturated heterocycles. The van der Waals surface area contributed by atoms with Gasteiger partial charge in [0, 0.05) is 0 Å². The topological polar surface area (TPSA) is 72.5 Å². The third-order valence-corrected chi connectivity index (χ3v) is 2.72. The van der Waals surface area contributed by atoms with Gasteiger partial charge in [-0.3, -0.25) is 4.79 Å². The van der Waals surface area contributed by atoms with Gasteiger partial charge in [-0.1, -0.05) is 0 Å². The maximum Gasteiger partial charge on any atom is 0.320 e. The number of carboxylic acids is 1. The first-order valence-electron chi connectivity index (χ1n) is 5.67. The van der Waals surface area contributed by atoms with E-state index in [-0.39, 0.29) is 0 Å². The molecular formula is C13H19NO3. The van der Waals surface area contributed by atoms with Gasteiger partial charge in [0.1, 0.15) is 11.8 Å². The van der Waals surface area contributed by atoms with Crippen LogP contribution in [0.3, 0.4) is 0 Å². The average molecular weight is 237 g/mol. The Morgan fingerprint density at radius 3 is 2.35 bits per heavy atom. The van der Waals surface area contributed by atoms with Crippen LogP contribution >= 0.6 is 0 Å². The number of benzene rings is 1. The molecule has 0 bridgehead atoms. The first-order chi connectivity index (χ1) is 7.95. The predicted molar refractivity (Wildman–Crippen MR) is 66.4 cm³/mol. The van der Waals surface area contributed by atoms with Crippen molar-refractivity contribution in [3.05, 3.63) is 28.8 Å². The van der Waals surface area contributed by atoms with Gasteiger partial charge in [-0.25, -0.2) is 0 Å². The summed E-state index contributed by atoms with van der Waals surface area (Å²) in [5.74, 6) is -0.159. The van der Waals surface area contributed by atoms with Gasteiger partial charge in [-0.15, -0.1) is 0 Å². The lowest BCUT2D eigenvalue weighted by molar-refractivity contribution is -0.138. The largest absolute Gasteiger partial charge is 0.494 e. The highest BCUT2D eigenvalue weighted by Crippen LogP contribution is 2.22. The van der Waals surface area contributed by atoms with Gasteiger partial charge in [0.05, 0.1) is 6.61 Å². The number of aliphatic carboxylic acids is 1.